The van der Waals surface area contributed by atoms with Gasteiger partial charge in [0.2, 0.25) is 6.10 Å². The van der Waals surface area contributed by atoms with Crippen molar-refractivity contribution >= 4 is 33.6 Å². The highest BCUT2D eigenvalue weighted by Gasteiger charge is 2.47. The zero-order valence-electron chi connectivity index (χ0n) is 14.8. The molecule has 0 unspecified atom stereocenters. The molecule has 25 heavy (non-hydrogen) atoms. The van der Waals surface area contributed by atoms with Gasteiger partial charge < -0.3 is 14.2 Å². The van der Waals surface area contributed by atoms with Crippen molar-refractivity contribution in [2.45, 2.75) is 39.9 Å². The number of thiazole rings is 1. The van der Waals surface area contributed by atoms with Crippen LogP contribution in [0.2, 0.25) is 0 Å². The van der Waals surface area contributed by atoms with E-state index in [1.165, 1.54) is 17.5 Å². The Morgan fingerprint density at radius 2 is 2.20 bits per heavy atom. The first-order chi connectivity index (χ1) is 11.7. The third-order valence-corrected chi connectivity index (χ3v) is 5.17. The molecule has 1 saturated heterocycles. The fraction of sp³-hybridized carbons (Fsp3) is 0.529. The monoisotopic (exact) mass is 364 g/mol. The third kappa shape index (κ3) is 3.11. The molecule has 2 aromatic heterocycles. The van der Waals surface area contributed by atoms with Crippen molar-refractivity contribution in [3.63, 3.8) is 0 Å². The summed E-state index contributed by atoms with van der Waals surface area (Å²) in [7, 11) is 1.56. The zero-order chi connectivity index (χ0) is 18.4. The van der Waals surface area contributed by atoms with Gasteiger partial charge in [-0.25, -0.2) is 19.6 Å². The molecular weight excluding hydrogens is 344 g/mol. The second-order valence-electron chi connectivity index (χ2n) is 6.73. The lowest BCUT2D eigenvalue weighted by atomic mass is 9.89. The van der Waals surface area contributed by atoms with Crippen molar-refractivity contribution in [2.75, 3.05) is 13.7 Å². The first-order valence-corrected chi connectivity index (χ1v) is 8.72. The molecule has 0 spiro atoms. The topological polar surface area (TPSA) is 87.6 Å². The van der Waals surface area contributed by atoms with E-state index in [1.54, 1.807) is 7.11 Å². The summed E-state index contributed by atoms with van der Waals surface area (Å²) in [6.07, 6.45) is 0.136. The zero-order valence-corrected chi connectivity index (χ0v) is 15.6. The third-order valence-electron chi connectivity index (χ3n) is 4.29. The molecule has 0 amide bonds. The lowest BCUT2D eigenvalue weighted by Crippen LogP contribution is -2.35. The average Bonchev–Trinajstić information content (AvgIpc) is 3.06. The minimum atomic E-state index is -0.946. The van der Waals surface area contributed by atoms with Crippen molar-refractivity contribution in [1.29, 1.82) is 0 Å². The van der Waals surface area contributed by atoms with Crippen LogP contribution in [0, 0.1) is 12.3 Å². The van der Waals surface area contributed by atoms with E-state index in [2.05, 4.69) is 9.97 Å². The van der Waals surface area contributed by atoms with E-state index in [4.69, 9.17) is 14.2 Å². The lowest BCUT2D eigenvalue weighted by molar-refractivity contribution is -0.145. The van der Waals surface area contributed by atoms with Gasteiger partial charge in [0, 0.05) is 24.3 Å². The Bertz CT molecular complexity index is 845. The molecule has 1 fully saturated rings. The number of pyridine rings is 1. The largest absolute Gasteiger partial charge is 0.462 e. The van der Waals surface area contributed by atoms with Gasteiger partial charge in [-0.2, -0.15) is 0 Å². The summed E-state index contributed by atoms with van der Waals surface area (Å²) in [5.74, 6) is -1.16. The average molecular weight is 364 g/mol. The smallest absolute Gasteiger partial charge is 0.348 e. The minimum absolute atomic E-state index is 0.216. The van der Waals surface area contributed by atoms with Crippen LogP contribution in [0.3, 0.4) is 0 Å². The molecule has 2 atom stereocenters. The molecule has 8 heteroatoms. The van der Waals surface area contributed by atoms with Crippen LogP contribution in [0.4, 0.5) is 0 Å². The standard InChI is InChI=1S/C17H20N2O5S/c1-8(22-5)11-10(6-18-14-12(11)19-9(2)25-14)15(20)24-13-16(21)23-7-17(13,3)4/h6,8,13H,7H2,1-5H3/t8-,13+/m1/s1. The van der Waals surface area contributed by atoms with Gasteiger partial charge in [-0.3, -0.25) is 0 Å². The summed E-state index contributed by atoms with van der Waals surface area (Å²) >= 11 is 1.44. The Morgan fingerprint density at radius 1 is 1.48 bits per heavy atom. The number of cyclic esters (lactones) is 1. The fourth-order valence-corrected chi connectivity index (χ4v) is 3.57. The summed E-state index contributed by atoms with van der Waals surface area (Å²) in [6.45, 7) is 7.56. The van der Waals surface area contributed by atoms with E-state index in [0.717, 1.165) is 9.84 Å². The number of hydrogen-bond donors (Lipinski definition) is 0. The van der Waals surface area contributed by atoms with Crippen molar-refractivity contribution in [3.05, 3.63) is 22.3 Å². The maximum atomic E-state index is 12.8. The number of ether oxygens (including phenoxy) is 3. The second-order valence-corrected chi connectivity index (χ2v) is 7.91. The first kappa shape index (κ1) is 17.8. The van der Waals surface area contributed by atoms with Crippen molar-refractivity contribution < 1.29 is 23.8 Å². The van der Waals surface area contributed by atoms with Crippen molar-refractivity contribution in [3.8, 4) is 0 Å². The number of hydrogen-bond acceptors (Lipinski definition) is 8. The lowest BCUT2D eigenvalue weighted by Gasteiger charge is -2.22. The number of carbonyl (C=O) groups excluding carboxylic acids is 2. The highest BCUT2D eigenvalue weighted by Crippen LogP contribution is 2.34. The Kier molecular flexibility index (Phi) is 4.51. The number of carbonyl (C=O) groups is 2. The molecule has 1 aliphatic rings. The van der Waals surface area contributed by atoms with Crippen LogP contribution < -0.4 is 0 Å². The van der Waals surface area contributed by atoms with Crippen molar-refractivity contribution in [1.82, 2.24) is 9.97 Å². The van der Waals surface area contributed by atoms with Gasteiger partial charge in [0.25, 0.3) is 0 Å². The number of aromatic nitrogens is 2. The number of aryl methyl sites for hydroxylation is 1. The van der Waals surface area contributed by atoms with Crippen LogP contribution >= 0.6 is 11.3 Å². The van der Waals surface area contributed by atoms with Crippen LogP contribution in [0.5, 0.6) is 0 Å². The molecular formula is C17H20N2O5S. The Labute approximate surface area is 149 Å². The summed E-state index contributed by atoms with van der Waals surface area (Å²) < 4.78 is 15.9. The molecule has 134 valence electrons. The van der Waals surface area contributed by atoms with Gasteiger partial charge in [0.15, 0.2) is 0 Å². The number of nitrogens with zero attached hydrogens (tertiary/aromatic N) is 2. The molecule has 7 nitrogen and oxygen atoms in total. The summed E-state index contributed by atoms with van der Waals surface area (Å²) in [6, 6.07) is 0. The molecule has 0 radical (unpaired) electrons. The molecule has 3 rings (SSSR count). The van der Waals surface area contributed by atoms with Crippen LogP contribution in [-0.4, -0.2) is 41.7 Å². The minimum Gasteiger partial charge on any atom is -0.462 e. The highest BCUT2D eigenvalue weighted by molar-refractivity contribution is 7.18. The molecule has 0 N–H and O–H groups in total. The number of methoxy groups -OCH3 is 1. The molecule has 0 saturated carbocycles. The Morgan fingerprint density at radius 3 is 2.80 bits per heavy atom. The van der Waals surface area contributed by atoms with Gasteiger partial charge in [0.1, 0.15) is 17.0 Å². The normalized spacial score (nSPS) is 20.5. The molecule has 0 aliphatic carbocycles. The predicted molar refractivity (Wildman–Crippen MR) is 91.5 cm³/mol. The van der Waals surface area contributed by atoms with Gasteiger partial charge in [-0.15, -0.1) is 0 Å². The maximum absolute atomic E-state index is 12.8. The predicted octanol–water partition coefficient (Wildman–Crippen LogP) is 2.82. The van der Waals surface area contributed by atoms with E-state index in [1.807, 2.05) is 27.7 Å². The van der Waals surface area contributed by atoms with Gasteiger partial charge >= 0.3 is 11.9 Å². The highest BCUT2D eigenvalue weighted by atomic mass is 32.1. The van der Waals surface area contributed by atoms with Crippen LogP contribution in [0.15, 0.2) is 6.20 Å². The summed E-state index contributed by atoms with van der Waals surface area (Å²) in [5.41, 5.74) is 0.919. The Balaban J connectivity index is 2.02. The molecule has 2 aromatic rings. The van der Waals surface area contributed by atoms with E-state index in [-0.39, 0.29) is 18.3 Å². The number of esters is 2. The molecule has 1 aliphatic heterocycles. The molecule has 0 bridgehead atoms. The first-order valence-electron chi connectivity index (χ1n) is 7.91. The van der Waals surface area contributed by atoms with Crippen LogP contribution in [0.1, 0.15) is 47.8 Å². The second kappa shape index (κ2) is 6.34. The SMILES string of the molecule is CO[C@H](C)c1c(C(=O)O[C@H]2C(=O)OCC2(C)C)cnc2sc(C)nc12. The van der Waals surface area contributed by atoms with Gasteiger partial charge in [0.05, 0.1) is 16.7 Å². The van der Waals surface area contributed by atoms with E-state index in [0.29, 0.717) is 11.1 Å². The number of rotatable bonds is 4. The van der Waals surface area contributed by atoms with Gasteiger partial charge in [-0.05, 0) is 13.8 Å². The maximum Gasteiger partial charge on any atom is 0.348 e. The summed E-state index contributed by atoms with van der Waals surface area (Å²) in [4.78, 5) is 34.2. The summed E-state index contributed by atoms with van der Waals surface area (Å²) in [5, 5.41) is 0.845. The Hall–Kier alpha value is -2.06. The fourth-order valence-electron chi connectivity index (χ4n) is 2.80. The molecule has 3 heterocycles. The quantitative estimate of drug-likeness (QED) is 0.771. The molecule has 0 aromatic carbocycles. The van der Waals surface area contributed by atoms with E-state index in [9.17, 15) is 9.59 Å². The van der Waals surface area contributed by atoms with Gasteiger partial charge in [-0.1, -0.05) is 25.2 Å². The van der Waals surface area contributed by atoms with Crippen LogP contribution in [0.25, 0.3) is 10.3 Å². The van der Waals surface area contributed by atoms with Crippen LogP contribution in [-0.2, 0) is 19.0 Å². The van der Waals surface area contributed by atoms with Crippen molar-refractivity contribution in [2.24, 2.45) is 5.41 Å². The van der Waals surface area contributed by atoms with E-state index >= 15 is 0 Å². The number of fused-ring (bicyclic) bond motifs is 1. The van der Waals surface area contributed by atoms with E-state index < -0.39 is 23.5 Å².